The van der Waals surface area contributed by atoms with Crippen molar-refractivity contribution in [3.63, 3.8) is 0 Å². The summed E-state index contributed by atoms with van der Waals surface area (Å²) in [6.45, 7) is 2.17. The lowest BCUT2D eigenvalue weighted by Gasteiger charge is -2.17. The standard InChI is InChI=1S/C16H24ClNO/c1-2-7-14-10-13(12-17)11-16(18-14)19-15-8-5-3-4-6-9-15/h10-11,15H,2-9,12H2,1H3. The Morgan fingerprint density at radius 1 is 1.21 bits per heavy atom. The third-order valence-corrected chi connectivity index (χ3v) is 3.97. The molecule has 1 heterocycles. The molecule has 0 N–H and O–H groups in total. The molecular formula is C16H24ClNO. The van der Waals surface area contributed by atoms with Crippen molar-refractivity contribution in [2.75, 3.05) is 0 Å². The second kappa shape index (κ2) is 7.74. The molecule has 1 aromatic rings. The van der Waals surface area contributed by atoms with E-state index in [0.29, 0.717) is 12.0 Å². The van der Waals surface area contributed by atoms with E-state index < -0.39 is 0 Å². The van der Waals surface area contributed by atoms with Crippen molar-refractivity contribution in [1.29, 1.82) is 0 Å². The van der Waals surface area contributed by atoms with E-state index in [2.05, 4.69) is 18.0 Å². The second-order valence-electron chi connectivity index (χ2n) is 5.42. The van der Waals surface area contributed by atoms with Gasteiger partial charge in [0.05, 0.1) is 0 Å². The van der Waals surface area contributed by atoms with Crippen molar-refractivity contribution in [1.82, 2.24) is 4.98 Å². The predicted octanol–water partition coefficient (Wildman–Crippen LogP) is 4.87. The van der Waals surface area contributed by atoms with Gasteiger partial charge in [-0.3, -0.25) is 0 Å². The molecule has 3 heteroatoms. The molecule has 2 nitrogen and oxygen atoms in total. The van der Waals surface area contributed by atoms with Gasteiger partial charge >= 0.3 is 0 Å². The van der Waals surface area contributed by atoms with Gasteiger partial charge < -0.3 is 4.74 Å². The smallest absolute Gasteiger partial charge is 0.214 e. The number of hydrogen-bond donors (Lipinski definition) is 0. The lowest BCUT2D eigenvalue weighted by atomic mass is 10.1. The number of ether oxygens (including phenoxy) is 1. The number of halogens is 1. The molecule has 1 fully saturated rings. The summed E-state index contributed by atoms with van der Waals surface area (Å²) in [5.74, 6) is 1.30. The van der Waals surface area contributed by atoms with Crippen molar-refractivity contribution in [2.24, 2.45) is 0 Å². The first-order valence-corrected chi connectivity index (χ1v) is 8.07. The van der Waals surface area contributed by atoms with Crippen LogP contribution in [0.5, 0.6) is 5.88 Å². The van der Waals surface area contributed by atoms with E-state index in [4.69, 9.17) is 16.3 Å². The molecule has 1 aliphatic carbocycles. The molecule has 1 saturated carbocycles. The number of rotatable bonds is 5. The van der Waals surface area contributed by atoms with Gasteiger partial charge in [0, 0.05) is 17.6 Å². The van der Waals surface area contributed by atoms with Crippen LogP contribution in [-0.2, 0) is 12.3 Å². The van der Waals surface area contributed by atoms with Crippen molar-refractivity contribution in [3.8, 4) is 5.88 Å². The fraction of sp³-hybridized carbons (Fsp3) is 0.688. The van der Waals surface area contributed by atoms with Crippen LogP contribution in [0.2, 0.25) is 0 Å². The van der Waals surface area contributed by atoms with E-state index in [0.717, 1.165) is 42.8 Å². The Hall–Kier alpha value is -0.760. The normalized spacial score (nSPS) is 17.2. The SMILES string of the molecule is CCCc1cc(CCl)cc(OC2CCCCCC2)n1. The van der Waals surface area contributed by atoms with Crippen LogP contribution >= 0.6 is 11.6 Å². The predicted molar refractivity (Wildman–Crippen MR) is 79.9 cm³/mol. The number of aryl methyl sites for hydroxylation is 1. The van der Waals surface area contributed by atoms with Gasteiger partial charge in [0.15, 0.2) is 0 Å². The van der Waals surface area contributed by atoms with Crippen LogP contribution in [0.25, 0.3) is 0 Å². The van der Waals surface area contributed by atoms with Crippen LogP contribution in [0.3, 0.4) is 0 Å². The van der Waals surface area contributed by atoms with E-state index in [1.165, 1.54) is 25.7 Å². The lowest BCUT2D eigenvalue weighted by molar-refractivity contribution is 0.175. The lowest BCUT2D eigenvalue weighted by Crippen LogP contribution is -2.16. The molecule has 0 saturated heterocycles. The highest BCUT2D eigenvalue weighted by atomic mass is 35.5. The van der Waals surface area contributed by atoms with Crippen LogP contribution < -0.4 is 4.74 Å². The fourth-order valence-corrected chi connectivity index (χ4v) is 2.83. The molecule has 0 spiro atoms. The maximum atomic E-state index is 6.10. The molecule has 0 aliphatic heterocycles. The Morgan fingerprint density at radius 3 is 2.58 bits per heavy atom. The average Bonchev–Trinajstić information content (AvgIpc) is 2.67. The maximum Gasteiger partial charge on any atom is 0.214 e. The summed E-state index contributed by atoms with van der Waals surface area (Å²) in [7, 11) is 0. The first-order chi connectivity index (χ1) is 9.31. The molecule has 1 aliphatic rings. The van der Waals surface area contributed by atoms with E-state index >= 15 is 0 Å². The van der Waals surface area contributed by atoms with Gasteiger partial charge in [-0.2, -0.15) is 0 Å². The summed E-state index contributed by atoms with van der Waals surface area (Å²) in [5.41, 5.74) is 2.22. The molecule has 19 heavy (non-hydrogen) atoms. The minimum atomic E-state index is 0.343. The van der Waals surface area contributed by atoms with Gasteiger partial charge in [-0.05, 0) is 43.7 Å². The van der Waals surface area contributed by atoms with Crippen molar-refractivity contribution < 1.29 is 4.74 Å². The molecule has 0 bridgehead atoms. The highest BCUT2D eigenvalue weighted by Gasteiger charge is 2.15. The third kappa shape index (κ3) is 4.68. The van der Waals surface area contributed by atoms with E-state index in [1.807, 2.05) is 6.07 Å². The summed E-state index contributed by atoms with van der Waals surface area (Å²) in [5, 5.41) is 0. The van der Waals surface area contributed by atoms with Crippen molar-refractivity contribution >= 4 is 11.6 Å². The highest BCUT2D eigenvalue weighted by Crippen LogP contribution is 2.23. The van der Waals surface area contributed by atoms with E-state index in [1.54, 1.807) is 0 Å². The summed E-state index contributed by atoms with van der Waals surface area (Å²) < 4.78 is 6.10. The topological polar surface area (TPSA) is 22.1 Å². The van der Waals surface area contributed by atoms with Crippen LogP contribution in [0.15, 0.2) is 12.1 Å². The quantitative estimate of drug-likeness (QED) is 0.567. The fourth-order valence-electron chi connectivity index (χ4n) is 2.67. The monoisotopic (exact) mass is 281 g/mol. The number of pyridine rings is 1. The Balaban J connectivity index is 2.06. The average molecular weight is 282 g/mol. The molecule has 0 unspecified atom stereocenters. The van der Waals surface area contributed by atoms with Gasteiger partial charge in [-0.15, -0.1) is 11.6 Å². The van der Waals surface area contributed by atoms with Crippen LogP contribution in [0.4, 0.5) is 0 Å². The zero-order valence-electron chi connectivity index (χ0n) is 11.8. The first-order valence-electron chi connectivity index (χ1n) is 7.54. The summed E-state index contributed by atoms with van der Waals surface area (Å²) in [6, 6.07) is 4.09. The number of nitrogens with zero attached hydrogens (tertiary/aromatic N) is 1. The molecule has 1 aromatic heterocycles. The van der Waals surface area contributed by atoms with Gasteiger partial charge in [0.1, 0.15) is 6.10 Å². The summed E-state index contributed by atoms with van der Waals surface area (Å²) >= 11 is 5.96. The largest absolute Gasteiger partial charge is 0.474 e. The Labute approximate surface area is 121 Å². The van der Waals surface area contributed by atoms with Crippen LogP contribution in [-0.4, -0.2) is 11.1 Å². The number of aromatic nitrogens is 1. The minimum Gasteiger partial charge on any atom is -0.474 e. The zero-order valence-corrected chi connectivity index (χ0v) is 12.6. The summed E-state index contributed by atoms with van der Waals surface area (Å²) in [4.78, 5) is 4.61. The third-order valence-electron chi connectivity index (χ3n) is 3.66. The van der Waals surface area contributed by atoms with Crippen molar-refractivity contribution in [3.05, 3.63) is 23.4 Å². The van der Waals surface area contributed by atoms with Crippen molar-refractivity contribution in [2.45, 2.75) is 70.3 Å². The zero-order chi connectivity index (χ0) is 13.5. The Morgan fingerprint density at radius 2 is 1.95 bits per heavy atom. The Kier molecular flexibility index (Phi) is 5.96. The number of alkyl halides is 1. The highest BCUT2D eigenvalue weighted by molar-refractivity contribution is 6.17. The second-order valence-corrected chi connectivity index (χ2v) is 5.69. The minimum absolute atomic E-state index is 0.343. The molecule has 2 rings (SSSR count). The molecule has 0 aromatic carbocycles. The molecular weight excluding hydrogens is 258 g/mol. The molecule has 0 atom stereocenters. The van der Waals surface area contributed by atoms with Gasteiger partial charge in [0.25, 0.3) is 0 Å². The van der Waals surface area contributed by atoms with Crippen LogP contribution in [0, 0.1) is 0 Å². The maximum absolute atomic E-state index is 6.10. The molecule has 0 amide bonds. The Bertz CT molecular complexity index is 386. The van der Waals surface area contributed by atoms with E-state index in [-0.39, 0.29) is 0 Å². The molecule has 106 valence electrons. The first kappa shape index (κ1) is 14.6. The van der Waals surface area contributed by atoms with Gasteiger partial charge in [0.2, 0.25) is 5.88 Å². The van der Waals surface area contributed by atoms with E-state index in [9.17, 15) is 0 Å². The van der Waals surface area contributed by atoms with Crippen LogP contribution in [0.1, 0.15) is 63.1 Å². The van der Waals surface area contributed by atoms with Gasteiger partial charge in [-0.1, -0.05) is 26.2 Å². The summed E-state index contributed by atoms with van der Waals surface area (Å²) in [6.07, 6.45) is 10.0. The van der Waals surface area contributed by atoms with Gasteiger partial charge in [-0.25, -0.2) is 4.98 Å². The molecule has 0 radical (unpaired) electrons. The number of hydrogen-bond acceptors (Lipinski definition) is 2.